The van der Waals surface area contributed by atoms with Crippen molar-refractivity contribution in [3.63, 3.8) is 0 Å². The first-order valence-electron chi connectivity index (χ1n) is 6.39. The second-order valence-corrected chi connectivity index (χ2v) is 6.20. The second kappa shape index (κ2) is 5.00. The molecule has 0 fully saturated rings. The normalized spacial score (nSPS) is 15.1. The average Bonchev–Trinajstić information content (AvgIpc) is 2.25. The van der Waals surface area contributed by atoms with Gasteiger partial charge in [0.15, 0.2) is 0 Å². The molecule has 4 nitrogen and oxygen atoms in total. The number of carbonyl (C=O) groups excluding carboxylic acids is 1. The van der Waals surface area contributed by atoms with Gasteiger partial charge in [0.1, 0.15) is 10.8 Å². The van der Waals surface area contributed by atoms with Gasteiger partial charge in [-0.1, -0.05) is 11.6 Å². The molecule has 5 heteroatoms. The minimum atomic E-state index is -0.479. The van der Waals surface area contributed by atoms with Crippen LogP contribution in [-0.2, 0) is 17.7 Å². The van der Waals surface area contributed by atoms with Gasteiger partial charge in [0.25, 0.3) is 0 Å². The molecule has 19 heavy (non-hydrogen) atoms. The number of aryl methyl sites for hydroxylation is 1. The summed E-state index contributed by atoms with van der Waals surface area (Å²) < 4.78 is 5.38. The van der Waals surface area contributed by atoms with Gasteiger partial charge in [-0.25, -0.2) is 9.78 Å². The predicted molar refractivity (Wildman–Crippen MR) is 74.3 cm³/mol. The van der Waals surface area contributed by atoms with Crippen LogP contribution in [-0.4, -0.2) is 28.1 Å². The van der Waals surface area contributed by atoms with Crippen LogP contribution in [0, 0.1) is 6.92 Å². The summed E-state index contributed by atoms with van der Waals surface area (Å²) in [4.78, 5) is 18.0. The van der Waals surface area contributed by atoms with Crippen molar-refractivity contribution in [2.75, 3.05) is 6.54 Å². The highest BCUT2D eigenvalue weighted by molar-refractivity contribution is 6.30. The van der Waals surface area contributed by atoms with Gasteiger partial charge in [-0.3, -0.25) is 0 Å². The highest BCUT2D eigenvalue weighted by atomic mass is 35.5. The molecule has 0 radical (unpaired) electrons. The lowest BCUT2D eigenvalue weighted by Crippen LogP contribution is -2.40. The van der Waals surface area contributed by atoms with Crippen LogP contribution in [0.3, 0.4) is 0 Å². The fraction of sp³-hybridized carbons (Fsp3) is 0.571. The summed E-state index contributed by atoms with van der Waals surface area (Å²) >= 11 is 6.16. The van der Waals surface area contributed by atoms with Crippen molar-refractivity contribution in [2.45, 2.75) is 46.3 Å². The number of aromatic nitrogens is 1. The van der Waals surface area contributed by atoms with E-state index in [0.717, 1.165) is 17.7 Å². The van der Waals surface area contributed by atoms with E-state index < -0.39 is 5.60 Å². The standard InChI is InChI=1S/C14H19ClN2O2/c1-9-7-10-5-6-17(8-11(10)12(15)16-9)13(18)19-14(2,3)4/h7H,5-6,8H2,1-4H3. The van der Waals surface area contributed by atoms with Crippen molar-refractivity contribution in [3.05, 3.63) is 28.0 Å². The Morgan fingerprint density at radius 2 is 2.16 bits per heavy atom. The zero-order chi connectivity index (χ0) is 14.2. The molecular weight excluding hydrogens is 264 g/mol. The van der Waals surface area contributed by atoms with Crippen molar-refractivity contribution >= 4 is 17.7 Å². The smallest absolute Gasteiger partial charge is 0.410 e. The number of rotatable bonds is 0. The van der Waals surface area contributed by atoms with Gasteiger partial charge in [0, 0.05) is 17.8 Å². The number of halogens is 1. The van der Waals surface area contributed by atoms with Crippen molar-refractivity contribution in [1.29, 1.82) is 0 Å². The summed E-state index contributed by atoms with van der Waals surface area (Å²) in [6.07, 6.45) is 0.493. The molecule has 104 valence electrons. The maximum Gasteiger partial charge on any atom is 0.410 e. The molecule has 0 N–H and O–H groups in total. The number of fused-ring (bicyclic) bond motifs is 1. The van der Waals surface area contributed by atoms with Gasteiger partial charge in [-0.2, -0.15) is 0 Å². The van der Waals surface area contributed by atoms with Crippen LogP contribution in [0.25, 0.3) is 0 Å². The molecule has 1 aromatic rings. The van der Waals surface area contributed by atoms with E-state index in [1.807, 2.05) is 33.8 Å². The van der Waals surface area contributed by atoms with E-state index in [1.54, 1.807) is 4.90 Å². The quantitative estimate of drug-likeness (QED) is 0.686. The van der Waals surface area contributed by atoms with E-state index in [9.17, 15) is 4.79 Å². The van der Waals surface area contributed by atoms with E-state index in [2.05, 4.69) is 4.98 Å². The van der Waals surface area contributed by atoms with Crippen LogP contribution in [0.15, 0.2) is 6.07 Å². The topological polar surface area (TPSA) is 42.4 Å². The van der Waals surface area contributed by atoms with Crippen molar-refractivity contribution in [1.82, 2.24) is 9.88 Å². The number of nitrogens with zero attached hydrogens (tertiary/aromatic N) is 2. The largest absolute Gasteiger partial charge is 0.444 e. The number of hydrogen-bond acceptors (Lipinski definition) is 3. The number of pyridine rings is 1. The van der Waals surface area contributed by atoms with E-state index in [1.165, 1.54) is 5.56 Å². The van der Waals surface area contributed by atoms with Gasteiger partial charge in [0.2, 0.25) is 0 Å². The highest BCUT2D eigenvalue weighted by Gasteiger charge is 2.27. The van der Waals surface area contributed by atoms with Crippen LogP contribution in [0.4, 0.5) is 4.79 Å². The van der Waals surface area contributed by atoms with E-state index in [0.29, 0.717) is 18.2 Å². The lowest BCUT2D eigenvalue weighted by Gasteiger charge is -2.31. The monoisotopic (exact) mass is 282 g/mol. The molecule has 0 saturated heterocycles. The Hall–Kier alpha value is -1.29. The molecule has 2 rings (SSSR count). The first-order chi connectivity index (χ1) is 8.76. The maximum atomic E-state index is 12.0. The third-order valence-electron chi connectivity index (χ3n) is 2.95. The molecule has 0 bridgehead atoms. The Morgan fingerprint density at radius 3 is 2.79 bits per heavy atom. The second-order valence-electron chi connectivity index (χ2n) is 5.84. The summed E-state index contributed by atoms with van der Waals surface area (Å²) in [5.41, 5.74) is 2.54. The maximum absolute atomic E-state index is 12.0. The molecule has 0 saturated carbocycles. The van der Waals surface area contributed by atoms with Crippen molar-refractivity contribution in [3.8, 4) is 0 Å². The summed E-state index contributed by atoms with van der Waals surface area (Å²) in [7, 11) is 0. The van der Waals surface area contributed by atoms with Crippen LogP contribution in [0.1, 0.15) is 37.6 Å². The number of ether oxygens (including phenoxy) is 1. The molecule has 0 spiro atoms. The lowest BCUT2D eigenvalue weighted by atomic mass is 10.0. The van der Waals surface area contributed by atoms with Crippen LogP contribution >= 0.6 is 11.6 Å². The van der Waals surface area contributed by atoms with Gasteiger partial charge in [-0.05, 0) is 45.7 Å². The summed E-state index contributed by atoms with van der Waals surface area (Å²) in [5, 5.41) is 0.489. The Labute approximate surface area is 118 Å². The number of carbonyl (C=O) groups is 1. The van der Waals surface area contributed by atoms with Crippen LogP contribution in [0.2, 0.25) is 5.15 Å². The fourth-order valence-electron chi connectivity index (χ4n) is 2.12. The minimum Gasteiger partial charge on any atom is -0.444 e. The molecule has 1 aliphatic heterocycles. The summed E-state index contributed by atoms with van der Waals surface area (Å²) in [6, 6.07) is 2.04. The highest BCUT2D eigenvalue weighted by Crippen LogP contribution is 2.26. The zero-order valence-electron chi connectivity index (χ0n) is 11.8. The van der Waals surface area contributed by atoms with Gasteiger partial charge >= 0.3 is 6.09 Å². The molecule has 1 aromatic heterocycles. The van der Waals surface area contributed by atoms with Gasteiger partial charge < -0.3 is 9.64 Å². The zero-order valence-corrected chi connectivity index (χ0v) is 12.5. The van der Waals surface area contributed by atoms with Gasteiger partial charge in [0.05, 0.1) is 6.54 Å². The Kier molecular flexibility index (Phi) is 3.72. The molecule has 2 heterocycles. The first kappa shape index (κ1) is 14.1. The first-order valence-corrected chi connectivity index (χ1v) is 6.77. The van der Waals surface area contributed by atoms with Gasteiger partial charge in [-0.15, -0.1) is 0 Å². The Morgan fingerprint density at radius 1 is 1.47 bits per heavy atom. The lowest BCUT2D eigenvalue weighted by molar-refractivity contribution is 0.0224. The molecule has 1 aliphatic rings. The number of hydrogen-bond donors (Lipinski definition) is 0. The molecule has 0 atom stereocenters. The van der Waals surface area contributed by atoms with Crippen LogP contribution < -0.4 is 0 Å². The molecule has 0 unspecified atom stereocenters. The van der Waals surface area contributed by atoms with Crippen molar-refractivity contribution < 1.29 is 9.53 Å². The SMILES string of the molecule is Cc1cc2c(c(Cl)n1)CN(C(=O)OC(C)(C)C)CC2. The predicted octanol–water partition coefficient (Wildman–Crippen LogP) is 3.34. The summed E-state index contributed by atoms with van der Waals surface area (Å²) in [5.74, 6) is 0. The van der Waals surface area contributed by atoms with Crippen LogP contribution in [0.5, 0.6) is 0 Å². The fourth-order valence-corrected chi connectivity index (χ4v) is 2.44. The third kappa shape index (κ3) is 3.38. The van der Waals surface area contributed by atoms with Crippen molar-refractivity contribution in [2.24, 2.45) is 0 Å². The molecule has 0 aliphatic carbocycles. The van der Waals surface area contributed by atoms with E-state index >= 15 is 0 Å². The Balaban J connectivity index is 2.16. The average molecular weight is 283 g/mol. The third-order valence-corrected chi connectivity index (χ3v) is 3.26. The van der Waals surface area contributed by atoms with E-state index in [4.69, 9.17) is 16.3 Å². The molecule has 1 amide bonds. The molecular formula is C14H19ClN2O2. The Bertz CT molecular complexity index is 509. The minimum absolute atomic E-state index is 0.296. The summed E-state index contributed by atoms with van der Waals surface area (Å²) in [6.45, 7) is 8.63. The van der Waals surface area contributed by atoms with E-state index in [-0.39, 0.29) is 6.09 Å². The molecule has 0 aromatic carbocycles. The number of amides is 1.